The number of hydrogen-bond donors (Lipinski definition) is 3. The number of nitrogens with one attached hydrogen (secondary N) is 1. The van der Waals surface area contributed by atoms with Crippen molar-refractivity contribution in [3.63, 3.8) is 0 Å². The predicted octanol–water partition coefficient (Wildman–Crippen LogP) is 4.74. The van der Waals surface area contributed by atoms with Crippen LogP contribution in [0.3, 0.4) is 0 Å². The van der Waals surface area contributed by atoms with Crippen LogP contribution in [0.1, 0.15) is 23.1 Å². The third-order valence-corrected chi connectivity index (χ3v) is 4.01. The van der Waals surface area contributed by atoms with Gasteiger partial charge in [0.05, 0.1) is 0 Å². The van der Waals surface area contributed by atoms with Crippen LogP contribution in [0.2, 0.25) is 0 Å². The summed E-state index contributed by atoms with van der Waals surface area (Å²) in [4.78, 5) is 8.90. The normalized spacial score (nSPS) is 10.4. The summed E-state index contributed by atoms with van der Waals surface area (Å²) in [5.41, 5.74) is 8.61. The number of benzene rings is 3. The number of carbonyl (C=O) groups is 1. The zero-order chi connectivity index (χ0) is 22.1. The topological polar surface area (TPSA) is 87.2 Å². The number of fused-ring (bicyclic) bond motifs is 1. The fourth-order valence-electron chi connectivity index (χ4n) is 2.51. The third-order valence-electron chi connectivity index (χ3n) is 4.01. The Morgan fingerprint density at radius 1 is 1.00 bits per heavy atom. The highest BCUT2D eigenvalue weighted by molar-refractivity contribution is 5.99. The molecule has 0 aliphatic carbocycles. The van der Waals surface area contributed by atoms with Gasteiger partial charge in [0.1, 0.15) is 5.84 Å². The average Bonchev–Trinajstić information content (AvgIpc) is 2.71. The summed E-state index contributed by atoms with van der Waals surface area (Å²) in [6, 6.07) is 22.3. The van der Waals surface area contributed by atoms with E-state index in [1.54, 1.807) is 0 Å². The van der Waals surface area contributed by atoms with Gasteiger partial charge >= 0.3 is 12.1 Å². The number of halogens is 3. The van der Waals surface area contributed by atoms with Crippen molar-refractivity contribution in [2.24, 2.45) is 5.73 Å². The number of carboxylic acid groups (broad SMARTS) is 1. The van der Waals surface area contributed by atoms with Crippen LogP contribution < -0.4 is 5.73 Å². The minimum atomic E-state index is -5.08. The highest BCUT2D eigenvalue weighted by Crippen LogP contribution is 2.17. The second-order valence-corrected chi connectivity index (χ2v) is 6.28. The molecule has 0 saturated carbocycles. The second kappa shape index (κ2) is 10.1. The standard InChI is InChI=1S/C21H18N2.C2HF3O2/c22-21(23)20-13-12-18-14-17(10-11-19(18)15-20)9-5-4-8-16-6-2-1-3-7-16;3-2(4,5)1(6)7/h1-3,6-7,10-15H,4,8H2,(H3,22,23);(H,6,7). The van der Waals surface area contributed by atoms with Crippen molar-refractivity contribution >= 4 is 22.6 Å². The molecule has 0 radical (unpaired) electrons. The first-order chi connectivity index (χ1) is 14.2. The zero-order valence-electron chi connectivity index (χ0n) is 15.8. The Balaban J connectivity index is 0.000000396. The fourth-order valence-corrected chi connectivity index (χ4v) is 2.51. The molecule has 30 heavy (non-hydrogen) atoms. The van der Waals surface area contributed by atoms with Gasteiger partial charge < -0.3 is 10.8 Å². The lowest BCUT2D eigenvalue weighted by molar-refractivity contribution is -0.192. The van der Waals surface area contributed by atoms with Crippen molar-refractivity contribution in [3.8, 4) is 11.8 Å². The molecule has 0 unspecified atom stereocenters. The summed E-state index contributed by atoms with van der Waals surface area (Å²) in [5.74, 6) is 3.81. The van der Waals surface area contributed by atoms with Crippen LogP contribution in [0, 0.1) is 17.3 Å². The molecule has 0 bridgehead atoms. The van der Waals surface area contributed by atoms with Crippen LogP contribution in [-0.4, -0.2) is 23.1 Å². The molecule has 4 N–H and O–H groups in total. The molecule has 0 saturated heterocycles. The SMILES string of the molecule is N=C(N)c1ccc2cc(C#CCCc3ccccc3)ccc2c1.O=C(O)C(F)(F)F. The molecule has 0 amide bonds. The highest BCUT2D eigenvalue weighted by Gasteiger charge is 2.38. The van der Waals surface area contributed by atoms with Gasteiger partial charge in [-0.3, -0.25) is 5.41 Å². The van der Waals surface area contributed by atoms with Gasteiger partial charge in [-0.05, 0) is 41.0 Å². The van der Waals surface area contributed by atoms with Crippen LogP contribution in [0.25, 0.3) is 10.8 Å². The first-order valence-electron chi connectivity index (χ1n) is 8.88. The fraction of sp³-hybridized carbons (Fsp3) is 0.130. The van der Waals surface area contributed by atoms with Crippen molar-refractivity contribution in [2.75, 3.05) is 0 Å². The van der Waals surface area contributed by atoms with Crippen molar-refractivity contribution in [1.82, 2.24) is 0 Å². The molecule has 3 aromatic rings. The van der Waals surface area contributed by atoms with Gasteiger partial charge in [-0.15, -0.1) is 0 Å². The minimum Gasteiger partial charge on any atom is -0.475 e. The molecule has 0 aromatic heterocycles. The van der Waals surface area contributed by atoms with Crippen molar-refractivity contribution in [2.45, 2.75) is 19.0 Å². The molecular weight excluding hydrogens is 393 g/mol. The summed E-state index contributed by atoms with van der Waals surface area (Å²) in [5, 5.41) is 16.8. The van der Waals surface area contributed by atoms with Crippen LogP contribution in [-0.2, 0) is 11.2 Å². The summed E-state index contributed by atoms with van der Waals surface area (Å²) in [6.07, 6.45) is -3.26. The lowest BCUT2D eigenvalue weighted by Gasteiger charge is -2.02. The Labute approximate surface area is 171 Å². The first kappa shape index (κ1) is 22.5. The number of alkyl halides is 3. The number of amidine groups is 1. The molecule has 154 valence electrons. The van der Waals surface area contributed by atoms with E-state index < -0.39 is 12.1 Å². The van der Waals surface area contributed by atoms with Gasteiger partial charge in [-0.2, -0.15) is 13.2 Å². The molecule has 0 atom stereocenters. The van der Waals surface area contributed by atoms with E-state index >= 15 is 0 Å². The van der Waals surface area contributed by atoms with E-state index in [-0.39, 0.29) is 5.84 Å². The minimum absolute atomic E-state index is 0.0941. The second-order valence-electron chi connectivity index (χ2n) is 6.28. The monoisotopic (exact) mass is 412 g/mol. The van der Waals surface area contributed by atoms with Gasteiger partial charge in [-0.25, -0.2) is 4.79 Å². The molecule has 3 aromatic carbocycles. The molecule has 0 aliphatic heterocycles. The highest BCUT2D eigenvalue weighted by atomic mass is 19.4. The van der Waals surface area contributed by atoms with Crippen LogP contribution in [0.5, 0.6) is 0 Å². The Kier molecular flexibility index (Phi) is 7.59. The Morgan fingerprint density at radius 2 is 1.60 bits per heavy atom. The van der Waals surface area contributed by atoms with E-state index in [1.165, 1.54) is 5.56 Å². The maximum atomic E-state index is 10.6. The first-order valence-corrected chi connectivity index (χ1v) is 8.88. The smallest absolute Gasteiger partial charge is 0.475 e. The van der Waals surface area contributed by atoms with Crippen molar-refractivity contribution in [1.29, 1.82) is 5.41 Å². The lowest BCUT2D eigenvalue weighted by Crippen LogP contribution is -2.21. The van der Waals surface area contributed by atoms with Crippen molar-refractivity contribution < 1.29 is 23.1 Å². The Bertz CT molecular complexity index is 1100. The number of aliphatic carboxylic acids is 1. The maximum Gasteiger partial charge on any atom is 0.490 e. The summed E-state index contributed by atoms with van der Waals surface area (Å²) < 4.78 is 31.7. The number of aryl methyl sites for hydroxylation is 1. The molecule has 3 rings (SSSR count). The van der Waals surface area contributed by atoms with E-state index in [0.717, 1.165) is 34.7 Å². The Hall–Kier alpha value is -3.79. The molecular formula is C23H19F3N2O2. The quantitative estimate of drug-likeness (QED) is 0.330. The van der Waals surface area contributed by atoms with Gasteiger partial charge in [0.2, 0.25) is 0 Å². The van der Waals surface area contributed by atoms with Gasteiger partial charge in [0.15, 0.2) is 0 Å². The number of hydrogen-bond acceptors (Lipinski definition) is 2. The number of rotatable bonds is 3. The predicted molar refractivity (Wildman–Crippen MR) is 110 cm³/mol. The number of nitrogens with two attached hydrogens (primary N) is 1. The molecule has 4 nitrogen and oxygen atoms in total. The van der Waals surface area contributed by atoms with E-state index in [1.807, 2.05) is 36.4 Å². The largest absolute Gasteiger partial charge is 0.490 e. The van der Waals surface area contributed by atoms with Crippen LogP contribution >= 0.6 is 0 Å². The number of carboxylic acids is 1. The van der Waals surface area contributed by atoms with E-state index in [4.69, 9.17) is 21.0 Å². The molecule has 0 spiro atoms. The van der Waals surface area contributed by atoms with E-state index in [9.17, 15) is 13.2 Å². The van der Waals surface area contributed by atoms with E-state index in [2.05, 4.69) is 42.2 Å². The van der Waals surface area contributed by atoms with Gasteiger partial charge in [0.25, 0.3) is 0 Å². The van der Waals surface area contributed by atoms with Gasteiger partial charge in [0, 0.05) is 17.5 Å². The average molecular weight is 412 g/mol. The van der Waals surface area contributed by atoms with E-state index in [0.29, 0.717) is 0 Å². The Morgan fingerprint density at radius 3 is 2.20 bits per heavy atom. The lowest BCUT2D eigenvalue weighted by atomic mass is 10.0. The molecule has 0 aliphatic rings. The molecule has 0 heterocycles. The van der Waals surface area contributed by atoms with Crippen LogP contribution in [0.15, 0.2) is 66.7 Å². The number of nitrogen functional groups attached to an aromatic ring is 1. The van der Waals surface area contributed by atoms with Crippen molar-refractivity contribution in [3.05, 3.63) is 83.4 Å². The van der Waals surface area contributed by atoms with Crippen LogP contribution in [0.4, 0.5) is 13.2 Å². The summed E-state index contributed by atoms with van der Waals surface area (Å²) >= 11 is 0. The third kappa shape index (κ3) is 6.99. The van der Waals surface area contributed by atoms with Gasteiger partial charge in [-0.1, -0.05) is 60.4 Å². The molecule has 0 fully saturated rings. The summed E-state index contributed by atoms with van der Waals surface area (Å²) in [7, 11) is 0. The molecule has 7 heteroatoms. The maximum absolute atomic E-state index is 10.6. The summed E-state index contributed by atoms with van der Waals surface area (Å²) in [6.45, 7) is 0. The zero-order valence-corrected chi connectivity index (χ0v) is 15.8.